The minimum absolute atomic E-state index is 0.658. The molecule has 21 nitrogen and oxygen atoms in total. The van der Waals surface area contributed by atoms with Crippen LogP contribution in [0, 0.1) is 0 Å². The quantitative estimate of drug-likeness (QED) is 0.0949. The van der Waals surface area contributed by atoms with E-state index in [1.54, 1.807) is 0 Å². The van der Waals surface area contributed by atoms with Gasteiger partial charge in [-0.2, -0.15) is 0 Å². The molecule has 0 radical (unpaired) electrons. The van der Waals surface area contributed by atoms with Crippen LogP contribution in [-0.4, -0.2) is 216 Å². The van der Waals surface area contributed by atoms with Gasteiger partial charge >= 0.3 is 0 Å². The summed E-state index contributed by atoms with van der Waals surface area (Å²) in [6.45, 7) is -0.661. The van der Waals surface area contributed by atoms with Gasteiger partial charge in [-0.15, -0.1) is 0 Å². The summed E-state index contributed by atoms with van der Waals surface area (Å²) in [6.07, 6.45) is -31.0. The van der Waals surface area contributed by atoms with E-state index in [2.05, 4.69) is 5.32 Å². The van der Waals surface area contributed by atoms with E-state index in [0.717, 1.165) is 6.92 Å². The lowest BCUT2D eigenvalue weighted by Gasteiger charge is -2.49. The van der Waals surface area contributed by atoms with Crippen molar-refractivity contribution in [2.45, 2.75) is 136 Å². The Morgan fingerprint density at radius 3 is 1.50 bits per heavy atom. The van der Waals surface area contributed by atoms with Crippen LogP contribution in [0.5, 0.6) is 0 Å². The molecule has 0 aromatic rings. The third kappa shape index (κ3) is 8.10. The normalized spacial score (nSPS) is 50.2. The van der Waals surface area contributed by atoms with Gasteiger partial charge in [0.25, 0.3) is 0 Å². The lowest BCUT2D eigenvalue weighted by Crippen LogP contribution is -2.68. The SMILES string of the molecule is CC(=O)NC1[C@H](O[C@@H]2C(O)[C@@H](O[C@H]3C(CO)O[C@@H](O[C@@H]4C(CO)OC(C)C(O)[C@H]4O)C(O)[C@H]3O)OC(CO)[C@@H]2O)OC(CO)[C@H](O)[C@@H]1O. The number of carbonyl (C=O) groups is 1. The van der Waals surface area contributed by atoms with E-state index in [4.69, 9.17) is 33.2 Å². The molecule has 4 saturated heterocycles. The number of carbonyl (C=O) groups excluding carboxylic acids is 1. The van der Waals surface area contributed by atoms with Crippen LogP contribution >= 0.6 is 0 Å². The van der Waals surface area contributed by atoms with Gasteiger partial charge < -0.3 is 99.8 Å². The lowest BCUT2D eigenvalue weighted by atomic mass is 9.94. The van der Waals surface area contributed by atoms with Gasteiger partial charge in [-0.05, 0) is 6.92 Å². The van der Waals surface area contributed by atoms with Gasteiger partial charge in [0.05, 0.1) is 32.5 Å². The molecule has 21 heteroatoms. The first-order valence-corrected chi connectivity index (χ1v) is 15.4. The van der Waals surface area contributed by atoms with Crippen molar-refractivity contribution in [1.29, 1.82) is 0 Å². The maximum atomic E-state index is 11.8. The van der Waals surface area contributed by atoms with Crippen LogP contribution in [-0.2, 0) is 38.0 Å². The molecule has 0 bridgehead atoms. The summed E-state index contributed by atoms with van der Waals surface area (Å²) >= 11 is 0. The number of aliphatic hydroxyl groups excluding tert-OH is 12. The summed E-state index contributed by atoms with van der Waals surface area (Å²) in [5, 5.41) is 127. The van der Waals surface area contributed by atoms with E-state index >= 15 is 0 Å². The van der Waals surface area contributed by atoms with E-state index in [9.17, 15) is 66.1 Å². The number of rotatable bonds is 11. The number of hydrogen-bond acceptors (Lipinski definition) is 20. The van der Waals surface area contributed by atoms with Crippen LogP contribution < -0.4 is 5.32 Å². The second-order valence-electron chi connectivity index (χ2n) is 12.2. The van der Waals surface area contributed by atoms with E-state index < -0.39 is 155 Å². The minimum Gasteiger partial charge on any atom is -0.394 e. The minimum atomic E-state index is -2.00. The second-order valence-corrected chi connectivity index (χ2v) is 12.2. The van der Waals surface area contributed by atoms with Gasteiger partial charge in [0, 0.05) is 6.92 Å². The summed E-state index contributed by atoms with van der Waals surface area (Å²) < 4.78 is 39.1. The van der Waals surface area contributed by atoms with Crippen molar-refractivity contribution in [3.63, 3.8) is 0 Å². The molecule has 9 unspecified atom stereocenters. The molecule has 20 atom stereocenters. The molecule has 0 spiro atoms. The highest BCUT2D eigenvalue weighted by Crippen LogP contribution is 2.34. The van der Waals surface area contributed by atoms with Crippen LogP contribution in [0.2, 0.25) is 0 Å². The van der Waals surface area contributed by atoms with Gasteiger partial charge in [-0.1, -0.05) is 0 Å². The number of ether oxygens (including phenoxy) is 7. The highest BCUT2D eigenvalue weighted by atomic mass is 16.8. The Bertz CT molecular complexity index is 1030. The van der Waals surface area contributed by atoms with Crippen molar-refractivity contribution < 1.29 is 99.2 Å². The number of hydrogen-bond donors (Lipinski definition) is 13. The van der Waals surface area contributed by atoms with Crippen molar-refractivity contribution in [2.24, 2.45) is 0 Å². The molecular weight excluding hydrogens is 658 g/mol. The van der Waals surface area contributed by atoms with E-state index in [0.29, 0.717) is 0 Å². The van der Waals surface area contributed by atoms with Gasteiger partial charge in [0.1, 0.15) is 97.6 Å². The lowest BCUT2D eigenvalue weighted by molar-refractivity contribution is -0.382. The molecule has 48 heavy (non-hydrogen) atoms. The highest BCUT2D eigenvalue weighted by Gasteiger charge is 2.55. The van der Waals surface area contributed by atoms with Crippen LogP contribution in [0.15, 0.2) is 0 Å². The molecule has 4 rings (SSSR count). The molecule has 4 aliphatic heterocycles. The van der Waals surface area contributed by atoms with Crippen LogP contribution in [0.25, 0.3) is 0 Å². The second kappa shape index (κ2) is 16.8. The Morgan fingerprint density at radius 1 is 0.521 bits per heavy atom. The predicted octanol–water partition coefficient (Wildman–Crippen LogP) is -8.53. The smallest absolute Gasteiger partial charge is 0.217 e. The van der Waals surface area contributed by atoms with Crippen molar-refractivity contribution in [3.8, 4) is 0 Å². The Kier molecular flexibility index (Phi) is 13.8. The van der Waals surface area contributed by atoms with Gasteiger partial charge in [0.2, 0.25) is 5.91 Å². The van der Waals surface area contributed by atoms with Crippen LogP contribution in [0.3, 0.4) is 0 Å². The van der Waals surface area contributed by atoms with E-state index in [1.165, 1.54) is 6.92 Å². The standard InChI is InChI=1S/C27H47NO20/c1-7-14(34)18(38)22(11(5-31)42-7)46-26-20(40)19(39)23(12(6-32)45-26)47-27-21(41)24(16(36)10(4-30)44-27)48-25-13(28-8(2)33)17(37)15(35)9(3-29)43-25/h7,9-27,29-32,34-41H,3-6H2,1-2H3,(H,28,33)/t7?,9?,10?,11?,12?,13?,14?,15-,16-,17+,18+,19+,20?,21?,22+,23-,24-,25-,26-,27+/m0/s1. The van der Waals surface area contributed by atoms with Crippen molar-refractivity contribution >= 4 is 5.91 Å². The third-order valence-corrected chi connectivity index (χ3v) is 8.87. The van der Waals surface area contributed by atoms with Crippen molar-refractivity contribution in [2.75, 3.05) is 26.4 Å². The summed E-state index contributed by atoms with van der Waals surface area (Å²) in [7, 11) is 0. The summed E-state index contributed by atoms with van der Waals surface area (Å²) in [5.74, 6) is -0.682. The number of aliphatic hydroxyl groups is 12. The zero-order valence-corrected chi connectivity index (χ0v) is 26.0. The summed E-state index contributed by atoms with van der Waals surface area (Å²) in [5.41, 5.74) is 0. The maximum absolute atomic E-state index is 11.8. The largest absolute Gasteiger partial charge is 0.394 e. The Balaban J connectivity index is 1.51. The zero-order chi connectivity index (χ0) is 35.6. The summed E-state index contributed by atoms with van der Waals surface area (Å²) in [6, 6.07) is -1.48. The van der Waals surface area contributed by atoms with Gasteiger partial charge in [0.15, 0.2) is 18.9 Å². The molecule has 13 N–H and O–H groups in total. The average molecular weight is 706 g/mol. The van der Waals surface area contributed by atoms with Crippen LogP contribution in [0.1, 0.15) is 13.8 Å². The molecule has 0 aliphatic carbocycles. The monoisotopic (exact) mass is 705 g/mol. The number of nitrogens with one attached hydrogen (secondary N) is 1. The highest BCUT2D eigenvalue weighted by molar-refractivity contribution is 5.73. The molecule has 1 amide bonds. The fourth-order valence-electron chi connectivity index (χ4n) is 6.15. The van der Waals surface area contributed by atoms with E-state index in [1.807, 2.05) is 0 Å². The fourth-order valence-corrected chi connectivity index (χ4v) is 6.15. The van der Waals surface area contributed by atoms with Crippen LogP contribution in [0.4, 0.5) is 0 Å². The first-order valence-electron chi connectivity index (χ1n) is 15.4. The van der Waals surface area contributed by atoms with Gasteiger partial charge in [-0.25, -0.2) is 0 Å². The molecular formula is C27H47NO20. The average Bonchev–Trinajstić information content (AvgIpc) is 3.06. The molecule has 280 valence electrons. The molecule has 0 saturated carbocycles. The molecule has 0 aromatic carbocycles. The Hall–Kier alpha value is -1.29. The third-order valence-electron chi connectivity index (χ3n) is 8.87. The Labute approximate surface area is 273 Å². The Morgan fingerprint density at radius 2 is 0.958 bits per heavy atom. The topological polar surface area (TPSA) is 336 Å². The number of amides is 1. The van der Waals surface area contributed by atoms with E-state index in [-0.39, 0.29) is 0 Å². The molecule has 4 fully saturated rings. The molecule has 4 aliphatic rings. The van der Waals surface area contributed by atoms with Crippen molar-refractivity contribution in [3.05, 3.63) is 0 Å². The molecule has 4 heterocycles. The fraction of sp³-hybridized carbons (Fsp3) is 0.963. The van der Waals surface area contributed by atoms with Crippen molar-refractivity contribution in [1.82, 2.24) is 5.32 Å². The van der Waals surface area contributed by atoms with Gasteiger partial charge in [-0.3, -0.25) is 4.79 Å². The first-order chi connectivity index (χ1) is 22.7. The predicted molar refractivity (Wildman–Crippen MR) is 149 cm³/mol. The maximum Gasteiger partial charge on any atom is 0.217 e. The summed E-state index contributed by atoms with van der Waals surface area (Å²) in [4.78, 5) is 11.8. The first kappa shape index (κ1) is 39.5. The molecule has 0 aromatic heterocycles. The zero-order valence-electron chi connectivity index (χ0n) is 26.0.